The zero-order valence-corrected chi connectivity index (χ0v) is 15.2. The van der Waals surface area contributed by atoms with E-state index in [0.29, 0.717) is 43.3 Å². The topological polar surface area (TPSA) is 82.4 Å². The van der Waals surface area contributed by atoms with Crippen molar-refractivity contribution in [1.29, 1.82) is 0 Å². The predicted octanol–water partition coefficient (Wildman–Crippen LogP) is 1.24. The molecule has 1 amide bonds. The zero-order chi connectivity index (χ0) is 18.7. The summed E-state index contributed by atoms with van der Waals surface area (Å²) in [7, 11) is 1.60. The zero-order valence-electron chi connectivity index (χ0n) is 15.2. The number of aryl methyl sites for hydroxylation is 2. The number of amides is 1. The second-order valence-electron chi connectivity index (χ2n) is 6.42. The molecule has 3 rings (SSSR count). The molecule has 1 aliphatic heterocycles. The summed E-state index contributed by atoms with van der Waals surface area (Å²) in [6.07, 6.45) is 0.601. The van der Waals surface area contributed by atoms with Gasteiger partial charge in [0.1, 0.15) is 6.61 Å². The Kier molecular flexibility index (Phi) is 5.25. The van der Waals surface area contributed by atoms with E-state index in [9.17, 15) is 9.59 Å². The highest BCUT2D eigenvalue weighted by atomic mass is 16.5. The van der Waals surface area contributed by atoms with Crippen molar-refractivity contribution in [3.8, 4) is 11.5 Å². The van der Waals surface area contributed by atoms with Crippen molar-refractivity contribution >= 4 is 5.91 Å². The van der Waals surface area contributed by atoms with Gasteiger partial charge < -0.3 is 14.8 Å². The quantitative estimate of drug-likeness (QED) is 0.870. The first-order chi connectivity index (χ1) is 12.5. The van der Waals surface area contributed by atoms with E-state index in [-0.39, 0.29) is 17.5 Å². The molecule has 0 saturated heterocycles. The smallest absolute Gasteiger partial charge is 0.348 e. The highest BCUT2D eigenvalue weighted by Gasteiger charge is 2.27. The number of carbonyl (C=O) groups is 1. The Labute approximate surface area is 152 Å². The molecule has 1 atom stereocenters. The molecule has 26 heavy (non-hydrogen) atoms. The van der Waals surface area contributed by atoms with Crippen molar-refractivity contribution in [3.63, 3.8) is 0 Å². The fourth-order valence-corrected chi connectivity index (χ4v) is 3.21. The number of ether oxygens (including phenoxy) is 2. The molecule has 138 valence electrons. The van der Waals surface area contributed by atoms with Crippen LogP contribution in [0.3, 0.4) is 0 Å². The van der Waals surface area contributed by atoms with E-state index in [4.69, 9.17) is 9.47 Å². The molecular formula is C19H23N3O4. The second-order valence-corrected chi connectivity index (χ2v) is 6.42. The summed E-state index contributed by atoms with van der Waals surface area (Å²) in [4.78, 5) is 28.3. The number of carbonyl (C=O) groups excluding carboxylic acids is 1. The monoisotopic (exact) mass is 357 g/mol. The van der Waals surface area contributed by atoms with E-state index in [1.54, 1.807) is 18.6 Å². The van der Waals surface area contributed by atoms with Crippen molar-refractivity contribution in [3.05, 3.63) is 51.7 Å². The number of nitrogens with zero attached hydrogens (tertiary/aromatic N) is 2. The van der Waals surface area contributed by atoms with Crippen LogP contribution < -0.4 is 20.5 Å². The molecule has 2 heterocycles. The van der Waals surface area contributed by atoms with Crippen LogP contribution in [0.1, 0.15) is 17.0 Å². The summed E-state index contributed by atoms with van der Waals surface area (Å²) in [5.74, 6) is 1.06. The first kappa shape index (κ1) is 18.0. The molecule has 0 spiro atoms. The summed E-state index contributed by atoms with van der Waals surface area (Å²) >= 11 is 0. The van der Waals surface area contributed by atoms with Crippen molar-refractivity contribution < 1.29 is 14.3 Å². The number of rotatable bonds is 5. The van der Waals surface area contributed by atoms with Gasteiger partial charge in [0, 0.05) is 24.5 Å². The van der Waals surface area contributed by atoms with Gasteiger partial charge in [-0.3, -0.25) is 9.36 Å². The minimum absolute atomic E-state index is 0.0794. The molecule has 1 aliphatic rings. The fraction of sp³-hybridized carbons (Fsp3) is 0.421. The third kappa shape index (κ3) is 3.71. The maximum Gasteiger partial charge on any atom is 0.348 e. The standard InChI is InChI=1S/C19H23N3O4/c1-12-9-13(2)22(19(24)21-12)8-7-20-18(23)15-10-14-5-4-6-16(25-3)17(14)26-11-15/h4-6,9,15H,7-8,10-11H2,1-3H3,(H,20,23)/t15-/m0/s1. The summed E-state index contributed by atoms with van der Waals surface area (Å²) in [5.41, 5.74) is 2.20. The predicted molar refractivity (Wildman–Crippen MR) is 96.7 cm³/mol. The molecule has 1 N–H and O–H groups in total. The van der Waals surface area contributed by atoms with Gasteiger partial charge in [0.05, 0.1) is 13.0 Å². The van der Waals surface area contributed by atoms with Crippen molar-refractivity contribution in [2.24, 2.45) is 5.92 Å². The van der Waals surface area contributed by atoms with Crippen LogP contribution in [0, 0.1) is 19.8 Å². The van der Waals surface area contributed by atoms with Crippen LogP contribution in [-0.2, 0) is 17.8 Å². The van der Waals surface area contributed by atoms with Crippen LogP contribution in [0.5, 0.6) is 11.5 Å². The number of hydrogen-bond donors (Lipinski definition) is 1. The normalized spacial score (nSPS) is 15.7. The van der Waals surface area contributed by atoms with E-state index in [0.717, 1.165) is 11.3 Å². The summed E-state index contributed by atoms with van der Waals surface area (Å²) in [6, 6.07) is 7.52. The van der Waals surface area contributed by atoms with Gasteiger partial charge in [-0.25, -0.2) is 4.79 Å². The third-order valence-corrected chi connectivity index (χ3v) is 4.53. The van der Waals surface area contributed by atoms with Gasteiger partial charge in [-0.1, -0.05) is 12.1 Å². The molecule has 0 aliphatic carbocycles. The van der Waals surface area contributed by atoms with Crippen molar-refractivity contribution in [1.82, 2.24) is 14.9 Å². The van der Waals surface area contributed by atoms with Crippen LogP contribution in [0.15, 0.2) is 29.1 Å². The van der Waals surface area contributed by atoms with Gasteiger partial charge in [0.25, 0.3) is 0 Å². The Balaban J connectivity index is 1.59. The first-order valence-corrected chi connectivity index (χ1v) is 8.61. The van der Waals surface area contributed by atoms with E-state index >= 15 is 0 Å². The highest BCUT2D eigenvalue weighted by molar-refractivity contribution is 5.79. The van der Waals surface area contributed by atoms with Crippen LogP contribution in [-0.4, -0.2) is 35.7 Å². The summed E-state index contributed by atoms with van der Waals surface area (Å²) in [5, 5.41) is 2.89. The van der Waals surface area contributed by atoms with Gasteiger partial charge >= 0.3 is 5.69 Å². The Bertz CT molecular complexity index is 876. The van der Waals surface area contributed by atoms with Gasteiger partial charge in [-0.2, -0.15) is 4.98 Å². The number of aromatic nitrogens is 2. The van der Waals surface area contributed by atoms with Crippen LogP contribution in [0.4, 0.5) is 0 Å². The summed E-state index contributed by atoms with van der Waals surface area (Å²) < 4.78 is 12.6. The Hall–Kier alpha value is -2.83. The number of methoxy groups -OCH3 is 1. The van der Waals surface area contributed by atoms with Crippen LogP contribution >= 0.6 is 0 Å². The number of benzene rings is 1. The molecule has 7 nitrogen and oxygen atoms in total. The average Bonchev–Trinajstić information content (AvgIpc) is 2.62. The molecule has 0 bridgehead atoms. The maximum atomic E-state index is 12.5. The number of nitrogens with one attached hydrogen (secondary N) is 1. The van der Waals surface area contributed by atoms with Gasteiger partial charge in [-0.05, 0) is 38.0 Å². The average molecular weight is 357 g/mol. The summed E-state index contributed by atoms with van der Waals surface area (Å²) in [6.45, 7) is 4.71. The lowest BCUT2D eigenvalue weighted by atomic mass is 9.95. The molecule has 0 saturated carbocycles. The number of hydrogen-bond acceptors (Lipinski definition) is 5. The molecular weight excluding hydrogens is 334 g/mol. The molecule has 1 aromatic heterocycles. The first-order valence-electron chi connectivity index (χ1n) is 8.61. The molecule has 0 fully saturated rings. The molecule has 7 heteroatoms. The Morgan fingerprint density at radius 3 is 2.96 bits per heavy atom. The molecule has 1 aromatic carbocycles. The molecule has 0 radical (unpaired) electrons. The highest BCUT2D eigenvalue weighted by Crippen LogP contribution is 2.35. The maximum absolute atomic E-state index is 12.5. The minimum Gasteiger partial charge on any atom is -0.493 e. The molecule has 2 aromatic rings. The van der Waals surface area contributed by atoms with E-state index in [2.05, 4.69) is 10.3 Å². The number of fused-ring (bicyclic) bond motifs is 1. The Morgan fingerprint density at radius 1 is 1.42 bits per heavy atom. The minimum atomic E-state index is -0.293. The van der Waals surface area contributed by atoms with Gasteiger partial charge in [0.15, 0.2) is 11.5 Å². The lowest BCUT2D eigenvalue weighted by Crippen LogP contribution is -2.40. The molecule has 0 unspecified atom stereocenters. The van der Waals surface area contributed by atoms with Gasteiger partial charge in [0.2, 0.25) is 5.91 Å². The van der Waals surface area contributed by atoms with Crippen molar-refractivity contribution in [2.45, 2.75) is 26.8 Å². The number of para-hydroxylation sites is 1. The fourth-order valence-electron chi connectivity index (χ4n) is 3.21. The SMILES string of the molecule is COc1cccc2c1OC[C@@H](C(=O)NCCn1c(C)cc(C)nc1=O)C2. The largest absolute Gasteiger partial charge is 0.493 e. The van der Waals surface area contributed by atoms with E-state index < -0.39 is 0 Å². The van der Waals surface area contributed by atoms with Gasteiger partial charge in [-0.15, -0.1) is 0 Å². The van der Waals surface area contributed by atoms with Crippen LogP contribution in [0.25, 0.3) is 0 Å². The second kappa shape index (κ2) is 7.59. The van der Waals surface area contributed by atoms with E-state index in [1.165, 1.54) is 0 Å². The van der Waals surface area contributed by atoms with E-state index in [1.807, 2.05) is 31.2 Å². The van der Waals surface area contributed by atoms with Crippen LogP contribution in [0.2, 0.25) is 0 Å². The lowest BCUT2D eigenvalue weighted by Gasteiger charge is -2.25. The third-order valence-electron chi connectivity index (χ3n) is 4.53. The Morgan fingerprint density at radius 2 is 2.23 bits per heavy atom. The lowest BCUT2D eigenvalue weighted by molar-refractivity contribution is -0.126. The van der Waals surface area contributed by atoms with Crippen molar-refractivity contribution in [2.75, 3.05) is 20.3 Å².